The Bertz CT molecular complexity index is 519. The molecule has 0 nitrogen and oxygen atoms in total. The van der Waals surface area contributed by atoms with Gasteiger partial charge in [-0.15, -0.1) is 0 Å². The molecule has 2 aromatic rings. The molecule has 0 aliphatic carbocycles. The molecular weight excluding hydrogens is 268 g/mol. The van der Waals surface area contributed by atoms with Gasteiger partial charge in [-0.2, -0.15) is 0 Å². The lowest BCUT2D eigenvalue weighted by atomic mass is 9.87. The van der Waals surface area contributed by atoms with Gasteiger partial charge in [0.15, 0.2) is 0 Å². The molecular formula is C17H20S2. The minimum atomic E-state index is 0.229. The van der Waals surface area contributed by atoms with Crippen molar-refractivity contribution in [1.29, 1.82) is 0 Å². The van der Waals surface area contributed by atoms with Crippen LogP contribution in [0.4, 0.5) is 0 Å². The lowest BCUT2D eigenvalue weighted by Gasteiger charge is -2.18. The van der Waals surface area contributed by atoms with Gasteiger partial charge in [0.05, 0.1) is 0 Å². The van der Waals surface area contributed by atoms with Gasteiger partial charge in [0, 0.05) is 9.79 Å². The van der Waals surface area contributed by atoms with E-state index in [4.69, 9.17) is 0 Å². The van der Waals surface area contributed by atoms with Crippen LogP contribution in [0.1, 0.15) is 31.9 Å². The Kier molecular flexibility index (Phi) is 4.64. The Balaban J connectivity index is 1.98. The number of rotatable bonds is 3. The summed E-state index contributed by atoms with van der Waals surface area (Å²) >= 11 is 0. The van der Waals surface area contributed by atoms with Gasteiger partial charge >= 0.3 is 0 Å². The monoisotopic (exact) mass is 288 g/mol. The van der Waals surface area contributed by atoms with Crippen molar-refractivity contribution in [2.24, 2.45) is 0 Å². The van der Waals surface area contributed by atoms with Gasteiger partial charge in [0.1, 0.15) is 0 Å². The molecule has 0 amide bonds. The second-order valence-electron chi connectivity index (χ2n) is 5.75. The molecule has 2 rings (SSSR count). The van der Waals surface area contributed by atoms with Crippen LogP contribution in [0.25, 0.3) is 0 Å². The van der Waals surface area contributed by atoms with Crippen molar-refractivity contribution in [3.63, 3.8) is 0 Å². The van der Waals surface area contributed by atoms with Crippen LogP contribution in [0, 0.1) is 6.92 Å². The molecule has 0 aliphatic heterocycles. The minimum Gasteiger partial charge on any atom is -0.0582 e. The van der Waals surface area contributed by atoms with Gasteiger partial charge in [-0.25, -0.2) is 0 Å². The van der Waals surface area contributed by atoms with E-state index in [0.29, 0.717) is 0 Å². The van der Waals surface area contributed by atoms with E-state index in [0.717, 1.165) is 0 Å². The standard InChI is InChI=1S/C17H20S2/c1-13-5-9-15(10-6-13)18-19-16-11-7-14(8-12-16)17(2,3)4/h5-12H,1-4H3. The highest BCUT2D eigenvalue weighted by Gasteiger charge is 2.12. The van der Waals surface area contributed by atoms with Gasteiger partial charge in [0.2, 0.25) is 0 Å². The average Bonchev–Trinajstić information content (AvgIpc) is 2.37. The second kappa shape index (κ2) is 6.06. The van der Waals surface area contributed by atoms with Crippen LogP contribution in [0.3, 0.4) is 0 Å². The van der Waals surface area contributed by atoms with E-state index in [1.807, 2.05) is 21.6 Å². The van der Waals surface area contributed by atoms with E-state index in [-0.39, 0.29) is 5.41 Å². The first-order chi connectivity index (χ1) is 8.95. The first-order valence-corrected chi connectivity index (χ1v) is 8.62. The molecule has 0 saturated heterocycles. The van der Waals surface area contributed by atoms with Gasteiger partial charge in [-0.05, 0) is 42.2 Å². The van der Waals surface area contributed by atoms with E-state index in [1.165, 1.54) is 20.9 Å². The van der Waals surface area contributed by atoms with Gasteiger partial charge in [0.25, 0.3) is 0 Å². The van der Waals surface area contributed by atoms with Crippen LogP contribution in [-0.2, 0) is 5.41 Å². The predicted octanol–water partition coefficient (Wildman–Crippen LogP) is 6.09. The van der Waals surface area contributed by atoms with Crippen molar-refractivity contribution in [3.05, 3.63) is 59.7 Å². The summed E-state index contributed by atoms with van der Waals surface area (Å²) in [5.74, 6) is 0. The summed E-state index contributed by atoms with van der Waals surface area (Å²) in [7, 11) is 3.63. The Morgan fingerprint density at radius 3 is 1.53 bits per heavy atom. The Hall–Kier alpha value is -0.860. The zero-order valence-corrected chi connectivity index (χ0v) is 13.6. The molecule has 0 fully saturated rings. The number of benzene rings is 2. The summed E-state index contributed by atoms with van der Waals surface area (Å²) in [4.78, 5) is 2.61. The van der Waals surface area contributed by atoms with E-state index in [2.05, 4.69) is 76.2 Å². The van der Waals surface area contributed by atoms with Gasteiger partial charge in [-0.1, -0.05) is 72.2 Å². The molecule has 0 aliphatic rings. The molecule has 100 valence electrons. The highest BCUT2D eigenvalue weighted by molar-refractivity contribution is 8.76. The summed E-state index contributed by atoms with van der Waals surface area (Å²) in [6, 6.07) is 17.6. The third kappa shape index (κ3) is 4.32. The minimum absolute atomic E-state index is 0.229. The van der Waals surface area contributed by atoms with Crippen LogP contribution >= 0.6 is 21.6 Å². The average molecular weight is 288 g/mol. The zero-order chi connectivity index (χ0) is 13.9. The fourth-order valence-corrected chi connectivity index (χ4v) is 3.63. The van der Waals surface area contributed by atoms with Crippen LogP contribution < -0.4 is 0 Å². The summed E-state index contributed by atoms with van der Waals surface area (Å²) in [5, 5.41) is 0. The maximum Gasteiger partial charge on any atom is 0.0186 e. The van der Waals surface area contributed by atoms with Crippen LogP contribution in [-0.4, -0.2) is 0 Å². The molecule has 0 bridgehead atoms. The molecule has 2 heteroatoms. The maximum absolute atomic E-state index is 2.25. The lowest BCUT2D eigenvalue weighted by molar-refractivity contribution is 0.590. The zero-order valence-electron chi connectivity index (χ0n) is 11.9. The van der Waals surface area contributed by atoms with Crippen molar-refractivity contribution in [2.75, 3.05) is 0 Å². The molecule has 0 radical (unpaired) electrons. The Labute approximate surface area is 124 Å². The van der Waals surface area contributed by atoms with Crippen molar-refractivity contribution in [2.45, 2.75) is 42.9 Å². The van der Waals surface area contributed by atoms with Crippen molar-refractivity contribution >= 4 is 21.6 Å². The molecule has 2 aromatic carbocycles. The molecule has 0 atom stereocenters. The molecule has 0 saturated carbocycles. The normalized spacial score (nSPS) is 11.6. The summed E-state index contributed by atoms with van der Waals surface area (Å²) in [5.41, 5.74) is 2.92. The fourth-order valence-electron chi connectivity index (χ4n) is 1.70. The maximum atomic E-state index is 2.25. The van der Waals surface area contributed by atoms with Crippen molar-refractivity contribution in [1.82, 2.24) is 0 Å². The SMILES string of the molecule is Cc1ccc(SSc2ccc(C(C)(C)C)cc2)cc1. The lowest BCUT2D eigenvalue weighted by Crippen LogP contribution is -2.10. The Morgan fingerprint density at radius 2 is 1.11 bits per heavy atom. The molecule has 0 spiro atoms. The topological polar surface area (TPSA) is 0 Å². The molecule has 19 heavy (non-hydrogen) atoms. The Morgan fingerprint density at radius 1 is 0.684 bits per heavy atom. The van der Waals surface area contributed by atoms with Gasteiger partial charge in [-0.3, -0.25) is 0 Å². The smallest absolute Gasteiger partial charge is 0.0186 e. The van der Waals surface area contributed by atoms with Crippen LogP contribution in [0.15, 0.2) is 58.3 Å². The largest absolute Gasteiger partial charge is 0.0582 e. The molecule has 0 unspecified atom stereocenters. The molecule has 0 heterocycles. The van der Waals surface area contributed by atoms with Crippen molar-refractivity contribution < 1.29 is 0 Å². The first kappa shape index (κ1) is 14.5. The number of hydrogen-bond acceptors (Lipinski definition) is 2. The quantitative estimate of drug-likeness (QED) is 0.627. The summed E-state index contributed by atoms with van der Waals surface area (Å²) in [6.45, 7) is 8.86. The molecule has 0 aromatic heterocycles. The summed E-state index contributed by atoms with van der Waals surface area (Å²) < 4.78 is 0. The van der Waals surface area contributed by atoms with E-state index in [9.17, 15) is 0 Å². The number of hydrogen-bond donors (Lipinski definition) is 0. The van der Waals surface area contributed by atoms with Crippen molar-refractivity contribution in [3.8, 4) is 0 Å². The van der Waals surface area contributed by atoms with E-state index < -0.39 is 0 Å². The fraction of sp³-hybridized carbons (Fsp3) is 0.294. The van der Waals surface area contributed by atoms with E-state index in [1.54, 1.807) is 0 Å². The highest BCUT2D eigenvalue weighted by Crippen LogP contribution is 2.38. The van der Waals surface area contributed by atoms with Gasteiger partial charge < -0.3 is 0 Å². The predicted molar refractivity (Wildman–Crippen MR) is 88.0 cm³/mol. The third-order valence-electron chi connectivity index (χ3n) is 2.98. The number of aryl methyl sites for hydroxylation is 1. The van der Waals surface area contributed by atoms with E-state index >= 15 is 0 Å². The second-order valence-corrected chi connectivity index (χ2v) is 8.03. The third-order valence-corrected chi connectivity index (χ3v) is 5.39. The molecule has 0 N–H and O–H groups in total. The summed E-state index contributed by atoms with van der Waals surface area (Å²) in [6.07, 6.45) is 0. The highest BCUT2D eigenvalue weighted by atomic mass is 33.1. The van der Waals surface area contributed by atoms with Crippen LogP contribution in [0.2, 0.25) is 0 Å². The van der Waals surface area contributed by atoms with Crippen LogP contribution in [0.5, 0.6) is 0 Å². The first-order valence-electron chi connectivity index (χ1n) is 6.47.